The van der Waals surface area contributed by atoms with Crippen molar-refractivity contribution in [3.8, 4) is 5.75 Å². The lowest BCUT2D eigenvalue weighted by atomic mass is 10.0. The van der Waals surface area contributed by atoms with Crippen molar-refractivity contribution in [2.75, 3.05) is 13.7 Å². The standard InChI is InChI=1S/C14H18FNO6S/c1-21-14(18)8-11-7-10(4-5-22-11)16-23(19,20)13-6-9(15)2-3-12(13)17/h2-3,6,10-11,16-17H,4-5,7-8H2,1H3. The SMILES string of the molecule is COC(=O)CC1CC(NS(=O)(=O)c2cc(F)ccc2O)CCO1. The Morgan fingerprint density at radius 2 is 2.26 bits per heavy atom. The Kier molecular flexibility index (Phi) is 5.55. The summed E-state index contributed by atoms with van der Waals surface area (Å²) in [5.41, 5.74) is 0. The summed E-state index contributed by atoms with van der Waals surface area (Å²) < 4.78 is 50.2. The molecule has 1 aromatic carbocycles. The summed E-state index contributed by atoms with van der Waals surface area (Å²) in [5, 5.41) is 9.63. The number of halogens is 1. The first kappa shape index (κ1) is 17.6. The monoisotopic (exact) mass is 347 g/mol. The third-order valence-electron chi connectivity index (χ3n) is 3.52. The molecule has 1 aromatic rings. The van der Waals surface area contributed by atoms with E-state index in [2.05, 4.69) is 9.46 Å². The summed E-state index contributed by atoms with van der Waals surface area (Å²) in [4.78, 5) is 10.7. The molecule has 2 atom stereocenters. The van der Waals surface area contributed by atoms with E-state index in [9.17, 15) is 22.7 Å². The Morgan fingerprint density at radius 3 is 2.96 bits per heavy atom. The summed E-state index contributed by atoms with van der Waals surface area (Å²) in [6, 6.07) is 2.22. The molecule has 2 N–H and O–H groups in total. The number of benzene rings is 1. The van der Waals surface area contributed by atoms with Gasteiger partial charge in [0.05, 0.1) is 19.6 Å². The highest BCUT2D eigenvalue weighted by Gasteiger charge is 2.29. The molecule has 0 aromatic heterocycles. The fourth-order valence-electron chi connectivity index (χ4n) is 2.38. The second kappa shape index (κ2) is 7.24. The number of carbonyl (C=O) groups is 1. The number of esters is 1. The fraction of sp³-hybridized carbons (Fsp3) is 0.500. The van der Waals surface area contributed by atoms with Crippen LogP contribution in [0.25, 0.3) is 0 Å². The first-order valence-electron chi connectivity index (χ1n) is 7.01. The zero-order valence-corrected chi connectivity index (χ0v) is 13.3. The summed E-state index contributed by atoms with van der Waals surface area (Å²) in [5.74, 6) is -1.74. The Balaban J connectivity index is 2.08. The van der Waals surface area contributed by atoms with Crippen molar-refractivity contribution in [1.29, 1.82) is 0 Å². The van der Waals surface area contributed by atoms with Crippen LogP contribution < -0.4 is 4.72 Å². The second-order valence-corrected chi connectivity index (χ2v) is 6.91. The van der Waals surface area contributed by atoms with Gasteiger partial charge in [0.15, 0.2) is 0 Å². The third kappa shape index (κ3) is 4.63. The zero-order valence-electron chi connectivity index (χ0n) is 12.5. The predicted molar refractivity (Wildman–Crippen MR) is 77.8 cm³/mol. The molecular formula is C14H18FNO6S. The quantitative estimate of drug-likeness (QED) is 0.768. The van der Waals surface area contributed by atoms with E-state index < -0.39 is 44.6 Å². The van der Waals surface area contributed by atoms with Crippen LogP contribution in [-0.2, 0) is 24.3 Å². The molecule has 1 aliphatic rings. The van der Waals surface area contributed by atoms with E-state index in [0.717, 1.165) is 18.2 Å². The number of aromatic hydroxyl groups is 1. The van der Waals surface area contributed by atoms with Crippen LogP contribution >= 0.6 is 0 Å². The summed E-state index contributed by atoms with van der Waals surface area (Å²) in [6.07, 6.45) is 0.266. The van der Waals surface area contributed by atoms with Crippen LogP contribution in [0, 0.1) is 5.82 Å². The first-order chi connectivity index (χ1) is 10.8. The molecule has 1 fully saturated rings. The van der Waals surface area contributed by atoms with Crippen LogP contribution in [0.15, 0.2) is 23.1 Å². The lowest BCUT2D eigenvalue weighted by Crippen LogP contribution is -2.42. The van der Waals surface area contributed by atoms with Crippen molar-refractivity contribution in [3.05, 3.63) is 24.0 Å². The van der Waals surface area contributed by atoms with Gasteiger partial charge in [-0.3, -0.25) is 4.79 Å². The number of nitrogens with one attached hydrogen (secondary N) is 1. The van der Waals surface area contributed by atoms with Gasteiger partial charge < -0.3 is 14.6 Å². The Bertz CT molecular complexity index is 678. The van der Waals surface area contributed by atoms with E-state index in [1.54, 1.807) is 0 Å². The van der Waals surface area contributed by atoms with Gasteiger partial charge in [0.1, 0.15) is 16.5 Å². The third-order valence-corrected chi connectivity index (χ3v) is 5.07. The van der Waals surface area contributed by atoms with Crippen molar-refractivity contribution < 1.29 is 32.2 Å². The van der Waals surface area contributed by atoms with E-state index in [1.807, 2.05) is 0 Å². The van der Waals surface area contributed by atoms with E-state index in [0.29, 0.717) is 6.42 Å². The molecule has 1 aliphatic heterocycles. The Morgan fingerprint density at radius 1 is 1.52 bits per heavy atom. The van der Waals surface area contributed by atoms with Crippen molar-refractivity contribution in [3.63, 3.8) is 0 Å². The lowest BCUT2D eigenvalue weighted by Gasteiger charge is -2.29. The minimum atomic E-state index is -4.08. The van der Waals surface area contributed by atoms with E-state index in [1.165, 1.54) is 7.11 Å². The van der Waals surface area contributed by atoms with Crippen molar-refractivity contribution in [2.24, 2.45) is 0 Å². The molecule has 9 heteroatoms. The molecule has 7 nitrogen and oxygen atoms in total. The van der Waals surface area contributed by atoms with Crippen LogP contribution in [-0.4, -0.2) is 45.4 Å². The molecule has 0 radical (unpaired) electrons. The van der Waals surface area contributed by atoms with Gasteiger partial charge in [-0.15, -0.1) is 0 Å². The van der Waals surface area contributed by atoms with E-state index in [4.69, 9.17) is 4.74 Å². The van der Waals surface area contributed by atoms with Crippen LogP contribution in [0.5, 0.6) is 5.75 Å². The minimum Gasteiger partial charge on any atom is -0.507 e. The highest BCUT2D eigenvalue weighted by atomic mass is 32.2. The molecule has 2 rings (SSSR count). The number of ether oxygens (including phenoxy) is 2. The number of methoxy groups -OCH3 is 1. The summed E-state index contributed by atoms with van der Waals surface area (Å²) in [6.45, 7) is 0.282. The Hall–Kier alpha value is -1.71. The van der Waals surface area contributed by atoms with Crippen molar-refractivity contribution in [1.82, 2.24) is 4.72 Å². The molecule has 0 saturated carbocycles. The number of rotatable bonds is 5. The number of hydrogen-bond acceptors (Lipinski definition) is 6. The highest BCUT2D eigenvalue weighted by Crippen LogP contribution is 2.25. The number of sulfonamides is 1. The fourth-order valence-corrected chi connectivity index (χ4v) is 3.78. The number of hydrogen-bond donors (Lipinski definition) is 2. The zero-order chi connectivity index (χ0) is 17.0. The molecule has 0 aliphatic carbocycles. The van der Waals surface area contributed by atoms with Gasteiger partial charge in [-0.05, 0) is 31.0 Å². The van der Waals surface area contributed by atoms with Gasteiger partial charge in [-0.1, -0.05) is 0 Å². The minimum absolute atomic E-state index is 0.0277. The molecular weight excluding hydrogens is 329 g/mol. The van der Waals surface area contributed by atoms with Gasteiger partial charge in [0.2, 0.25) is 10.0 Å². The molecule has 23 heavy (non-hydrogen) atoms. The Labute approximate surface area is 133 Å². The average Bonchev–Trinajstić information content (AvgIpc) is 2.49. The molecule has 1 saturated heterocycles. The van der Waals surface area contributed by atoms with E-state index >= 15 is 0 Å². The second-order valence-electron chi connectivity index (χ2n) is 5.23. The van der Waals surface area contributed by atoms with Crippen LogP contribution in [0.3, 0.4) is 0 Å². The van der Waals surface area contributed by atoms with Gasteiger partial charge in [0, 0.05) is 12.6 Å². The lowest BCUT2D eigenvalue weighted by molar-refractivity contribution is -0.144. The van der Waals surface area contributed by atoms with Gasteiger partial charge in [0.25, 0.3) is 0 Å². The molecule has 2 unspecified atom stereocenters. The predicted octanol–water partition coefficient (Wildman–Crippen LogP) is 0.920. The first-order valence-corrected chi connectivity index (χ1v) is 8.49. The maximum atomic E-state index is 13.2. The van der Waals surface area contributed by atoms with Crippen LogP contribution in [0.2, 0.25) is 0 Å². The molecule has 0 spiro atoms. The molecule has 1 heterocycles. The molecule has 0 amide bonds. The molecule has 0 bridgehead atoms. The van der Waals surface area contributed by atoms with E-state index in [-0.39, 0.29) is 19.4 Å². The maximum absolute atomic E-state index is 13.2. The van der Waals surface area contributed by atoms with Gasteiger partial charge >= 0.3 is 5.97 Å². The van der Waals surface area contributed by atoms with Gasteiger partial charge in [-0.2, -0.15) is 0 Å². The van der Waals surface area contributed by atoms with Crippen molar-refractivity contribution >= 4 is 16.0 Å². The van der Waals surface area contributed by atoms with Crippen LogP contribution in [0.1, 0.15) is 19.3 Å². The largest absolute Gasteiger partial charge is 0.507 e. The number of phenols is 1. The average molecular weight is 347 g/mol. The molecule has 128 valence electrons. The topological polar surface area (TPSA) is 102 Å². The van der Waals surface area contributed by atoms with Gasteiger partial charge in [-0.25, -0.2) is 17.5 Å². The highest BCUT2D eigenvalue weighted by molar-refractivity contribution is 7.89. The normalized spacial score (nSPS) is 21.8. The van der Waals surface area contributed by atoms with Crippen molar-refractivity contribution in [2.45, 2.75) is 36.3 Å². The number of phenolic OH excluding ortho intramolecular Hbond substituents is 1. The van der Waals surface area contributed by atoms with Crippen LogP contribution in [0.4, 0.5) is 4.39 Å². The summed E-state index contributed by atoms with van der Waals surface area (Å²) in [7, 11) is -2.82. The maximum Gasteiger partial charge on any atom is 0.308 e. The smallest absolute Gasteiger partial charge is 0.308 e. The number of carbonyl (C=O) groups excluding carboxylic acids is 1. The summed E-state index contributed by atoms with van der Waals surface area (Å²) >= 11 is 0.